The maximum Gasteiger partial charge on any atom is 0.243 e. The van der Waals surface area contributed by atoms with Crippen LogP contribution < -0.4 is 10.0 Å². The SMILES string of the molecule is CNCc1cc(F)c(F)c(S(=O)(=O)NCC(C)(C)SC)c1. The van der Waals surface area contributed by atoms with E-state index in [1.165, 1.54) is 11.8 Å². The summed E-state index contributed by atoms with van der Waals surface area (Å²) in [5, 5.41) is 2.77. The minimum absolute atomic E-state index is 0.119. The highest BCUT2D eigenvalue weighted by Crippen LogP contribution is 2.23. The third kappa shape index (κ3) is 4.91. The van der Waals surface area contributed by atoms with E-state index >= 15 is 0 Å². The Morgan fingerprint density at radius 3 is 2.43 bits per heavy atom. The number of rotatable bonds is 7. The molecule has 2 N–H and O–H groups in total. The minimum Gasteiger partial charge on any atom is -0.316 e. The first-order valence-corrected chi connectivity index (χ1v) is 9.01. The molecule has 0 unspecified atom stereocenters. The van der Waals surface area contributed by atoms with Gasteiger partial charge >= 0.3 is 0 Å². The van der Waals surface area contributed by atoms with Gasteiger partial charge in [-0.05, 0) is 44.8 Å². The molecule has 0 radical (unpaired) electrons. The van der Waals surface area contributed by atoms with Crippen LogP contribution in [0.2, 0.25) is 0 Å². The van der Waals surface area contributed by atoms with Crippen molar-refractivity contribution in [3.05, 3.63) is 29.3 Å². The quantitative estimate of drug-likeness (QED) is 0.799. The molecule has 21 heavy (non-hydrogen) atoms. The second-order valence-corrected chi connectivity index (χ2v) is 8.46. The van der Waals surface area contributed by atoms with Gasteiger partial charge in [0.25, 0.3) is 0 Å². The molecule has 0 heterocycles. The summed E-state index contributed by atoms with van der Waals surface area (Å²) in [6, 6.07) is 2.13. The normalized spacial score (nSPS) is 12.7. The van der Waals surface area contributed by atoms with Gasteiger partial charge in [-0.2, -0.15) is 11.8 Å². The molecule has 0 fully saturated rings. The number of nitrogens with one attached hydrogen (secondary N) is 2. The van der Waals surface area contributed by atoms with Gasteiger partial charge in [0.1, 0.15) is 4.90 Å². The third-order valence-electron chi connectivity index (χ3n) is 2.97. The highest BCUT2D eigenvalue weighted by Gasteiger charge is 2.26. The lowest BCUT2D eigenvalue weighted by molar-refractivity contribution is 0.480. The van der Waals surface area contributed by atoms with E-state index in [2.05, 4.69) is 10.0 Å². The Kier molecular flexibility index (Phi) is 6.15. The fourth-order valence-corrected chi connectivity index (χ4v) is 3.19. The van der Waals surface area contributed by atoms with Crippen molar-refractivity contribution in [2.45, 2.75) is 30.0 Å². The lowest BCUT2D eigenvalue weighted by Gasteiger charge is -2.22. The van der Waals surface area contributed by atoms with Gasteiger partial charge in [0, 0.05) is 17.8 Å². The van der Waals surface area contributed by atoms with Crippen molar-refractivity contribution in [2.75, 3.05) is 19.8 Å². The van der Waals surface area contributed by atoms with Gasteiger partial charge in [-0.25, -0.2) is 21.9 Å². The van der Waals surface area contributed by atoms with Crippen LogP contribution in [-0.4, -0.2) is 33.0 Å². The maximum absolute atomic E-state index is 13.8. The van der Waals surface area contributed by atoms with Crippen LogP contribution in [0.4, 0.5) is 8.78 Å². The average molecular weight is 338 g/mol. The molecule has 8 heteroatoms. The fraction of sp³-hybridized carbons (Fsp3) is 0.538. The topological polar surface area (TPSA) is 58.2 Å². The molecule has 0 saturated heterocycles. The predicted molar refractivity (Wildman–Crippen MR) is 81.9 cm³/mol. The molecule has 1 aromatic rings. The lowest BCUT2D eigenvalue weighted by Crippen LogP contribution is -2.36. The monoisotopic (exact) mass is 338 g/mol. The molecule has 0 aliphatic carbocycles. The van der Waals surface area contributed by atoms with E-state index in [1.807, 2.05) is 20.1 Å². The smallest absolute Gasteiger partial charge is 0.243 e. The van der Waals surface area contributed by atoms with E-state index in [1.54, 1.807) is 7.05 Å². The molecule has 1 rings (SSSR count). The van der Waals surface area contributed by atoms with Crippen LogP contribution in [0, 0.1) is 11.6 Å². The second kappa shape index (κ2) is 7.04. The summed E-state index contributed by atoms with van der Waals surface area (Å²) in [6.45, 7) is 4.08. The average Bonchev–Trinajstić information content (AvgIpc) is 2.41. The standard InChI is InChI=1S/C13H20F2N2O2S2/c1-13(2,20-4)8-17-21(18,19)11-6-9(7-16-3)5-10(14)12(11)15/h5-6,16-17H,7-8H2,1-4H3. The molecule has 0 aromatic heterocycles. The van der Waals surface area contributed by atoms with Crippen LogP contribution in [0.15, 0.2) is 17.0 Å². The molecule has 0 saturated carbocycles. The van der Waals surface area contributed by atoms with Crippen molar-refractivity contribution in [1.29, 1.82) is 0 Å². The molecule has 4 nitrogen and oxygen atoms in total. The summed E-state index contributed by atoms with van der Waals surface area (Å²) in [4.78, 5) is -0.662. The molecular formula is C13H20F2N2O2S2. The number of hydrogen-bond donors (Lipinski definition) is 2. The molecule has 0 atom stereocenters. The van der Waals surface area contributed by atoms with E-state index in [0.29, 0.717) is 5.56 Å². The van der Waals surface area contributed by atoms with Crippen LogP contribution in [0.25, 0.3) is 0 Å². The number of halogens is 2. The number of sulfonamides is 1. The zero-order chi connectivity index (χ0) is 16.3. The zero-order valence-corrected chi connectivity index (χ0v) is 14.1. The van der Waals surface area contributed by atoms with Crippen LogP contribution in [0.1, 0.15) is 19.4 Å². The number of thioether (sulfide) groups is 1. The Balaban J connectivity index is 3.13. The summed E-state index contributed by atoms with van der Waals surface area (Å²) in [7, 11) is -2.47. The van der Waals surface area contributed by atoms with E-state index in [9.17, 15) is 17.2 Å². The number of hydrogen-bond acceptors (Lipinski definition) is 4. The van der Waals surface area contributed by atoms with Crippen molar-refractivity contribution >= 4 is 21.8 Å². The Morgan fingerprint density at radius 1 is 1.29 bits per heavy atom. The molecule has 0 amide bonds. The van der Waals surface area contributed by atoms with Crippen molar-refractivity contribution in [1.82, 2.24) is 10.0 Å². The summed E-state index contributed by atoms with van der Waals surface area (Å²) in [6.07, 6.45) is 1.85. The van der Waals surface area contributed by atoms with Crippen LogP contribution in [-0.2, 0) is 16.6 Å². The van der Waals surface area contributed by atoms with Crippen molar-refractivity contribution in [3.63, 3.8) is 0 Å². The largest absolute Gasteiger partial charge is 0.316 e. The van der Waals surface area contributed by atoms with Crippen molar-refractivity contribution < 1.29 is 17.2 Å². The summed E-state index contributed by atoms with van der Waals surface area (Å²) >= 11 is 1.48. The molecular weight excluding hydrogens is 318 g/mol. The van der Waals surface area contributed by atoms with Crippen LogP contribution >= 0.6 is 11.8 Å². The second-order valence-electron chi connectivity index (χ2n) is 5.21. The number of benzene rings is 1. The molecule has 0 aliphatic rings. The third-order valence-corrected chi connectivity index (χ3v) is 5.62. The van der Waals surface area contributed by atoms with Crippen LogP contribution in [0.3, 0.4) is 0 Å². The minimum atomic E-state index is -4.10. The van der Waals surface area contributed by atoms with Gasteiger partial charge < -0.3 is 5.32 Å². The molecule has 0 aliphatic heterocycles. The Bertz CT molecular complexity index is 604. The van der Waals surface area contributed by atoms with E-state index < -0.39 is 26.6 Å². The van der Waals surface area contributed by atoms with Gasteiger partial charge in [0.15, 0.2) is 11.6 Å². The van der Waals surface area contributed by atoms with Gasteiger partial charge in [0.2, 0.25) is 10.0 Å². The van der Waals surface area contributed by atoms with E-state index in [0.717, 1.165) is 12.1 Å². The zero-order valence-electron chi connectivity index (χ0n) is 12.5. The highest BCUT2D eigenvalue weighted by atomic mass is 32.2. The van der Waals surface area contributed by atoms with Gasteiger partial charge in [-0.3, -0.25) is 0 Å². The van der Waals surface area contributed by atoms with Gasteiger partial charge in [-0.15, -0.1) is 0 Å². The first-order chi connectivity index (χ1) is 9.63. The summed E-state index contributed by atoms with van der Waals surface area (Å²) < 4.78 is 53.7. The van der Waals surface area contributed by atoms with Crippen molar-refractivity contribution in [3.8, 4) is 0 Å². The van der Waals surface area contributed by atoms with E-state index in [4.69, 9.17) is 0 Å². The van der Waals surface area contributed by atoms with E-state index in [-0.39, 0.29) is 17.8 Å². The predicted octanol–water partition coefficient (Wildman–Crippen LogP) is 2.10. The highest BCUT2D eigenvalue weighted by molar-refractivity contribution is 8.00. The Hall–Kier alpha value is -0.700. The van der Waals surface area contributed by atoms with Crippen LogP contribution in [0.5, 0.6) is 0 Å². The van der Waals surface area contributed by atoms with Gasteiger partial charge in [-0.1, -0.05) is 0 Å². The Morgan fingerprint density at radius 2 is 1.90 bits per heavy atom. The maximum atomic E-state index is 13.8. The molecule has 120 valence electrons. The van der Waals surface area contributed by atoms with Gasteiger partial charge in [0.05, 0.1) is 0 Å². The first-order valence-electron chi connectivity index (χ1n) is 6.30. The molecule has 1 aromatic carbocycles. The lowest BCUT2D eigenvalue weighted by atomic mass is 10.2. The molecule has 0 spiro atoms. The molecule has 0 bridgehead atoms. The summed E-state index contributed by atoms with van der Waals surface area (Å²) in [5.41, 5.74) is 0.362. The van der Waals surface area contributed by atoms with Crippen molar-refractivity contribution in [2.24, 2.45) is 0 Å². The fourth-order valence-electron chi connectivity index (χ4n) is 1.54. The Labute approximate surface area is 128 Å². The first kappa shape index (κ1) is 18.3. The summed E-state index contributed by atoms with van der Waals surface area (Å²) in [5.74, 6) is -2.53.